The van der Waals surface area contributed by atoms with Gasteiger partial charge in [0.25, 0.3) is 8.32 Å². The normalized spacial score (nSPS) is 13.6. The molecule has 0 radical (unpaired) electrons. The topological polar surface area (TPSA) is 39.7 Å². The molecule has 3 aromatic carbocycles. The largest absolute Gasteiger partial charge is 0.494 e. The summed E-state index contributed by atoms with van der Waals surface area (Å²) < 4.78 is 19.6. The van der Waals surface area contributed by atoms with Crippen LogP contribution < -0.4 is 20.4 Å². The molecule has 0 aliphatic rings. The maximum atomic E-state index is 7.01. The third-order valence-corrected chi connectivity index (χ3v) is 17.6. The number of unbranched alkanes of at least 4 members (excludes halogenated alkanes) is 1. The summed E-state index contributed by atoms with van der Waals surface area (Å²) in [5.41, 5.74) is 1.01. The van der Waals surface area contributed by atoms with Crippen molar-refractivity contribution < 1.29 is 13.6 Å². The molecule has 0 aliphatic carbocycles. The van der Waals surface area contributed by atoms with E-state index in [1.54, 1.807) is 0 Å². The second-order valence-electron chi connectivity index (χ2n) is 13.3. The van der Waals surface area contributed by atoms with Crippen LogP contribution in [-0.2, 0) is 8.85 Å². The van der Waals surface area contributed by atoms with Crippen LogP contribution in [0.2, 0.25) is 23.2 Å². The van der Waals surface area contributed by atoms with E-state index in [9.17, 15) is 0 Å². The number of nitrogens with one attached hydrogen (secondary N) is 1. The highest BCUT2D eigenvalue weighted by molar-refractivity contribution is 6.99. The van der Waals surface area contributed by atoms with Crippen molar-refractivity contribution in [3.63, 3.8) is 0 Å². The summed E-state index contributed by atoms with van der Waals surface area (Å²) in [6.07, 6.45) is 1.82. The average molecular weight is 578 g/mol. The average Bonchev–Trinajstić information content (AvgIpc) is 2.88. The van der Waals surface area contributed by atoms with Crippen LogP contribution in [-0.4, -0.2) is 36.1 Å². The van der Waals surface area contributed by atoms with E-state index in [0.29, 0.717) is 13.2 Å². The minimum atomic E-state index is -2.48. The van der Waals surface area contributed by atoms with Gasteiger partial charge in [-0.15, -0.1) is 0 Å². The first-order valence-electron chi connectivity index (χ1n) is 14.7. The van der Waals surface area contributed by atoms with Crippen LogP contribution in [0.5, 0.6) is 5.75 Å². The van der Waals surface area contributed by atoms with Crippen molar-refractivity contribution in [3.05, 3.63) is 84.9 Å². The fourth-order valence-electron chi connectivity index (χ4n) is 4.94. The van der Waals surface area contributed by atoms with E-state index in [2.05, 4.69) is 140 Å². The SMILES string of the molecule is CC(Nc1cccc(OCCCCO[Si](c2ccccc2)(c2ccccc2)C(C)(C)C)c1)O[Si](C)(C)C(C)(C)C. The number of rotatable bonds is 13. The van der Waals surface area contributed by atoms with Gasteiger partial charge in [0.1, 0.15) is 12.0 Å². The van der Waals surface area contributed by atoms with Gasteiger partial charge in [-0.05, 0) is 65.4 Å². The standard InChI is InChI=1S/C34H51NO3Si2/c1-28(38-39(8,9)33(2,3)4)35-29-19-18-20-30(27-29)36-25-16-17-26-37-40(34(5,6)7,31-21-12-10-13-22-31)32-23-14-11-15-24-32/h10-15,18-24,27-28,35H,16-17,25-26H2,1-9H3. The fourth-order valence-corrected chi connectivity index (χ4v) is 10.8. The predicted octanol–water partition coefficient (Wildman–Crippen LogP) is 8.20. The first-order chi connectivity index (χ1) is 18.8. The van der Waals surface area contributed by atoms with E-state index >= 15 is 0 Å². The number of benzene rings is 3. The Bertz CT molecular complexity index is 1130. The van der Waals surface area contributed by atoms with Crippen molar-refractivity contribution >= 4 is 32.7 Å². The molecular weight excluding hydrogens is 527 g/mol. The molecule has 0 saturated heterocycles. The van der Waals surface area contributed by atoms with Gasteiger partial charge in [-0.1, -0.05) is 108 Å². The zero-order valence-electron chi connectivity index (χ0n) is 26.2. The number of hydrogen-bond donors (Lipinski definition) is 1. The van der Waals surface area contributed by atoms with Crippen LogP contribution in [0.3, 0.4) is 0 Å². The van der Waals surface area contributed by atoms with Gasteiger partial charge in [-0.2, -0.15) is 0 Å². The third-order valence-electron chi connectivity index (χ3n) is 8.02. The zero-order valence-corrected chi connectivity index (χ0v) is 28.2. The van der Waals surface area contributed by atoms with E-state index in [4.69, 9.17) is 13.6 Å². The van der Waals surface area contributed by atoms with E-state index < -0.39 is 16.6 Å². The van der Waals surface area contributed by atoms with Gasteiger partial charge < -0.3 is 18.9 Å². The highest BCUT2D eigenvalue weighted by atomic mass is 28.4. The molecule has 0 fully saturated rings. The van der Waals surface area contributed by atoms with Crippen LogP contribution in [0.1, 0.15) is 61.3 Å². The summed E-state index contributed by atoms with van der Waals surface area (Å²) in [5.74, 6) is 0.873. The summed E-state index contributed by atoms with van der Waals surface area (Å²) in [4.78, 5) is 0. The van der Waals surface area contributed by atoms with Crippen LogP contribution >= 0.6 is 0 Å². The number of anilines is 1. The Kier molecular flexibility index (Phi) is 10.9. The summed E-state index contributed by atoms with van der Waals surface area (Å²) in [5, 5.41) is 6.31. The van der Waals surface area contributed by atoms with Crippen LogP contribution in [0, 0.1) is 0 Å². The molecule has 0 amide bonds. The molecule has 0 aromatic heterocycles. The highest BCUT2D eigenvalue weighted by Gasteiger charge is 2.49. The maximum Gasteiger partial charge on any atom is 0.261 e. The Morgan fingerprint density at radius 2 is 1.25 bits per heavy atom. The maximum absolute atomic E-state index is 7.01. The lowest BCUT2D eigenvalue weighted by atomic mass is 10.2. The molecule has 218 valence electrons. The Hall–Kier alpha value is -2.39. The molecule has 3 aromatic rings. The summed E-state index contributed by atoms with van der Waals surface area (Å²) in [6.45, 7) is 21.8. The van der Waals surface area contributed by atoms with E-state index in [1.807, 2.05) is 12.1 Å². The van der Waals surface area contributed by atoms with Crippen molar-refractivity contribution in [2.75, 3.05) is 18.5 Å². The summed E-state index contributed by atoms with van der Waals surface area (Å²) in [6, 6.07) is 29.8. The molecule has 1 N–H and O–H groups in total. The van der Waals surface area contributed by atoms with Gasteiger partial charge in [0.2, 0.25) is 0 Å². The Morgan fingerprint density at radius 1 is 0.700 bits per heavy atom. The van der Waals surface area contributed by atoms with Gasteiger partial charge in [-0.25, -0.2) is 0 Å². The van der Waals surface area contributed by atoms with Crippen LogP contribution in [0.15, 0.2) is 84.9 Å². The molecule has 0 saturated carbocycles. The third kappa shape index (κ3) is 8.09. The predicted molar refractivity (Wildman–Crippen MR) is 176 cm³/mol. The fraction of sp³-hybridized carbons (Fsp3) is 0.471. The second kappa shape index (κ2) is 13.5. The Balaban J connectivity index is 1.57. The van der Waals surface area contributed by atoms with Gasteiger partial charge in [0, 0.05) is 18.4 Å². The summed E-state index contributed by atoms with van der Waals surface area (Å²) in [7, 11) is -4.33. The van der Waals surface area contributed by atoms with Gasteiger partial charge in [0.05, 0.1) is 6.61 Å². The summed E-state index contributed by atoms with van der Waals surface area (Å²) >= 11 is 0. The van der Waals surface area contributed by atoms with Crippen molar-refractivity contribution in [3.8, 4) is 5.75 Å². The second-order valence-corrected chi connectivity index (χ2v) is 22.3. The first-order valence-corrected chi connectivity index (χ1v) is 19.5. The lowest BCUT2D eigenvalue weighted by Crippen LogP contribution is -2.66. The van der Waals surface area contributed by atoms with Crippen LogP contribution in [0.25, 0.3) is 0 Å². The molecule has 6 heteroatoms. The van der Waals surface area contributed by atoms with Gasteiger partial charge >= 0.3 is 0 Å². The van der Waals surface area contributed by atoms with Gasteiger partial charge in [0.15, 0.2) is 8.32 Å². The lowest BCUT2D eigenvalue weighted by molar-refractivity contribution is 0.225. The Labute approximate surface area is 245 Å². The molecule has 0 aliphatic heterocycles. The minimum Gasteiger partial charge on any atom is -0.494 e. The van der Waals surface area contributed by atoms with Gasteiger partial charge in [-0.3, -0.25) is 0 Å². The number of ether oxygens (including phenoxy) is 1. The van der Waals surface area contributed by atoms with Crippen molar-refractivity contribution in [2.45, 2.75) is 90.7 Å². The molecule has 1 unspecified atom stereocenters. The molecule has 0 heterocycles. The molecule has 3 rings (SSSR count). The zero-order chi connectivity index (χ0) is 29.4. The van der Waals surface area contributed by atoms with Crippen LogP contribution in [0.4, 0.5) is 5.69 Å². The smallest absolute Gasteiger partial charge is 0.261 e. The van der Waals surface area contributed by atoms with E-state index in [0.717, 1.165) is 24.3 Å². The molecule has 40 heavy (non-hydrogen) atoms. The van der Waals surface area contributed by atoms with E-state index in [-0.39, 0.29) is 16.3 Å². The molecule has 0 spiro atoms. The van der Waals surface area contributed by atoms with Crippen molar-refractivity contribution in [1.29, 1.82) is 0 Å². The quantitative estimate of drug-likeness (QED) is 0.126. The van der Waals surface area contributed by atoms with Crippen molar-refractivity contribution in [2.24, 2.45) is 0 Å². The van der Waals surface area contributed by atoms with E-state index in [1.165, 1.54) is 10.4 Å². The molecule has 1 atom stereocenters. The Morgan fingerprint density at radius 3 is 1.77 bits per heavy atom. The first kappa shape index (κ1) is 32.1. The molecular formula is C34H51NO3Si2. The van der Waals surface area contributed by atoms with Crippen molar-refractivity contribution in [1.82, 2.24) is 0 Å². The minimum absolute atomic E-state index is 0.00885. The molecule has 0 bridgehead atoms. The highest BCUT2D eigenvalue weighted by Crippen LogP contribution is 2.38. The lowest BCUT2D eigenvalue weighted by Gasteiger charge is -2.43. The monoisotopic (exact) mass is 577 g/mol. The number of hydrogen-bond acceptors (Lipinski definition) is 4. The molecule has 4 nitrogen and oxygen atoms in total.